The van der Waals surface area contributed by atoms with Gasteiger partial charge < -0.3 is 37.0 Å². The van der Waals surface area contributed by atoms with Gasteiger partial charge in [-0.2, -0.15) is 0 Å². The summed E-state index contributed by atoms with van der Waals surface area (Å²) in [6, 6.07) is 8.63. The molecule has 1 atom stereocenters. The van der Waals surface area contributed by atoms with E-state index in [9.17, 15) is 19.2 Å². The van der Waals surface area contributed by atoms with E-state index < -0.39 is 24.6 Å². The molecule has 0 aliphatic heterocycles. The van der Waals surface area contributed by atoms with Crippen LogP contribution < -0.4 is 31.9 Å². The fourth-order valence-corrected chi connectivity index (χ4v) is 3.16. The van der Waals surface area contributed by atoms with Crippen molar-refractivity contribution in [2.45, 2.75) is 38.1 Å². The van der Waals surface area contributed by atoms with E-state index in [4.69, 9.17) is 5.11 Å². The molecular formula is C25H38N6O5. The summed E-state index contributed by atoms with van der Waals surface area (Å²) in [7, 11) is 0. The van der Waals surface area contributed by atoms with Crippen molar-refractivity contribution in [1.82, 2.24) is 31.9 Å². The molecule has 0 aliphatic carbocycles. The van der Waals surface area contributed by atoms with Crippen molar-refractivity contribution in [3.63, 3.8) is 0 Å². The first-order chi connectivity index (χ1) is 17.3. The van der Waals surface area contributed by atoms with Gasteiger partial charge in [0, 0.05) is 24.4 Å². The lowest BCUT2D eigenvalue weighted by Gasteiger charge is -2.21. The number of rotatable bonds is 20. The van der Waals surface area contributed by atoms with Crippen LogP contribution in [0.25, 0.3) is 0 Å². The maximum absolute atomic E-state index is 12.7. The SMILES string of the molecule is C=C(CCCCCNC=O)NCC(=O)NCC(=C)NC(Cc1ccccc1)C(=O)NCC(=O)NCO. The third-order valence-electron chi connectivity index (χ3n) is 5.06. The molecule has 1 aromatic rings. The molecule has 0 saturated carbocycles. The van der Waals surface area contributed by atoms with Crippen molar-refractivity contribution in [3.05, 3.63) is 60.4 Å². The first-order valence-electron chi connectivity index (χ1n) is 11.8. The second-order valence-corrected chi connectivity index (χ2v) is 8.08. The zero-order chi connectivity index (χ0) is 26.6. The lowest BCUT2D eigenvalue weighted by Crippen LogP contribution is -2.49. The molecule has 198 valence electrons. The Kier molecular flexibility index (Phi) is 15.5. The van der Waals surface area contributed by atoms with Crippen molar-refractivity contribution in [3.8, 4) is 0 Å². The van der Waals surface area contributed by atoms with Gasteiger partial charge in [-0.15, -0.1) is 0 Å². The molecule has 0 aliphatic rings. The minimum Gasteiger partial charge on any atom is -0.380 e. The number of amides is 4. The molecule has 11 nitrogen and oxygen atoms in total. The van der Waals surface area contributed by atoms with Crippen molar-refractivity contribution < 1.29 is 24.3 Å². The van der Waals surface area contributed by atoms with Gasteiger partial charge in [-0.25, -0.2) is 0 Å². The Labute approximate surface area is 212 Å². The number of hydrogen-bond acceptors (Lipinski definition) is 7. The molecule has 7 N–H and O–H groups in total. The first-order valence-corrected chi connectivity index (χ1v) is 11.8. The summed E-state index contributed by atoms with van der Waals surface area (Å²) in [5, 5.41) is 24.8. The third kappa shape index (κ3) is 14.4. The molecule has 1 unspecified atom stereocenters. The Bertz CT molecular complexity index is 862. The second-order valence-electron chi connectivity index (χ2n) is 8.08. The summed E-state index contributed by atoms with van der Waals surface area (Å²) in [5.41, 5.74) is 2.10. The van der Waals surface area contributed by atoms with Crippen LogP contribution in [0.3, 0.4) is 0 Å². The average Bonchev–Trinajstić information content (AvgIpc) is 2.87. The minimum absolute atomic E-state index is 0.0622. The van der Waals surface area contributed by atoms with Crippen LogP contribution in [0.2, 0.25) is 0 Å². The minimum atomic E-state index is -0.724. The molecule has 0 saturated heterocycles. The maximum atomic E-state index is 12.7. The monoisotopic (exact) mass is 502 g/mol. The molecule has 0 aromatic heterocycles. The van der Waals surface area contributed by atoms with Crippen LogP contribution in [0.15, 0.2) is 54.9 Å². The molecule has 11 heteroatoms. The van der Waals surface area contributed by atoms with Crippen LogP contribution in [0, 0.1) is 0 Å². The summed E-state index contributed by atoms with van der Waals surface area (Å²) >= 11 is 0. The van der Waals surface area contributed by atoms with E-state index in [1.165, 1.54) is 0 Å². The Morgan fingerprint density at radius 2 is 1.56 bits per heavy atom. The predicted octanol–water partition coefficient (Wildman–Crippen LogP) is -0.591. The van der Waals surface area contributed by atoms with E-state index in [0.717, 1.165) is 36.9 Å². The fraction of sp³-hybridized carbons (Fsp3) is 0.440. The highest BCUT2D eigenvalue weighted by molar-refractivity contribution is 5.87. The molecule has 0 bridgehead atoms. The molecule has 0 fully saturated rings. The van der Waals surface area contributed by atoms with Gasteiger partial charge in [0.05, 0.1) is 19.6 Å². The van der Waals surface area contributed by atoms with Crippen molar-refractivity contribution >= 4 is 24.1 Å². The molecule has 0 radical (unpaired) electrons. The first kappa shape index (κ1) is 30.2. The van der Waals surface area contributed by atoms with Crippen molar-refractivity contribution in [1.29, 1.82) is 0 Å². The highest BCUT2D eigenvalue weighted by atomic mass is 16.3. The Morgan fingerprint density at radius 1 is 0.861 bits per heavy atom. The zero-order valence-corrected chi connectivity index (χ0v) is 20.6. The second kappa shape index (κ2) is 18.5. The fourth-order valence-electron chi connectivity index (χ4n) is 3.16. The van der Waals surface area contributed by atoms with Gasteiger partial charge in [-0.05, 0) is 24.8 Å². The summed E-state index contributed by atoms with van der Waals surface area (Å²) in [5.74, 6) is -1.18. The summed E-state index contributed by atoms with van der Waals surface area (Å²) < 4.78 is 0. The number of unbranched alkanes of at least 4 members (excludes halogenated alkanes) is 2. The van der Waals surface area contributed by atoms with E-state index in [2.05, 4.69) is 45.1 Å². The lowest BCUT2D eigenvalue weighted by molar-refractivity contribution is -0.127. The topological polar surface area (TPSA) is 161 Å². The zero-order valence-electron chi connectivity index (χ0n) is 20.6. The van der Waals surface area contributed by atoms with Gasteiger partial charge in [0.15, 0.2) is 0 Å². The van der Waals surface area contributed by atoms with Crippen LogP contribution in [0.5, 0.6) is 0 Å². The lowest BCUT2D eigenvalue weighted by atomic mass is 10.0. The van der Waals surface area contributed by atoms with Crippen LogP contribution in [0.4, 0.5) is 0 Å². The average molecular weight is 503 g/mol. The highest BCUT2D eigenvalue weighted by Crippen LogP contribution is 2.05. The smallest absolute Gasteiger partial charge is 0.243 e. The number of carbonyl (C=O) groups is 4. The van der Waals surface area contributed by atoms with Gasteiger partial charge in [-0.3, -0.25) is 19.2 Å². The van der Waals surface area contributed by atoms with Crippen LogP contribution in [0.1, 0.15) is 31.2 Å². The number of allylic oxidation sites excluding steroid dienone is 1. The molecule has 0 heterocycles. The third-order valence-corrected chi connectivity index (χ3v) is 5.06. The van der Waals surface area contributed by atoms with Gasteiger partial charge in [-0.1, -0.05) is 49.9 Å². The van der Waals surface area contributed by atoms with Crippen LogP contribution in [-0.4, -0.2) is 68.2 Å². The van der Waals surface area contributed by atoms with Crippen molar-refractivity contribution in [2.24, 2.45) is 0 Å². The summed E-state index contributed by atoms with van der Waals surface area (Å²) in [6.45, 7) is 7.85. The van der Waals surface area contributed by atoms with E-state index >= 15 is 0 Å². The number of benzene rings is 1. The van der Waals surface area contributed by atoms with Crippen LogP contribution >= 0.6 is 0 Å². The normalized spacial score (nSPS) is 10.9. The standard InChI is InChI=1S/C25H38N6O5/c1-19(9-5-4-8-12-26-17-32)27-15-23(34)28-14-20(2)31-22(13-21-10-6-3-7-11-21)25(36)29-16-24(35)30-18-33/h3,6-7,10-11,17,22,27,31,33H,1-2,4-5,8-9,12-16,18H2,(H,26,32)(H,28,34)(H,29,36)(H,30,35). The summed E-state index contributed by atoms with van der Waals surface area (Å²) in [4.78, 5) is 46.6. The summed E-state index contributed by atoms with van der Waals surface area (Å²) in [6.07, 6.45) is 4.50. The Morgan fingerprint density at radius 3 is 2.25 bits per heavy atom. The Balaban J connectivity index is 2.44. The Hall–Kier alpha value is -3.86. The number of carbonyl (C=O) groups excluding carboxylic acids is 4. The van der Waals surface area contributed by atoms with Crippen molar-refractivity contribution in [2.75, 3.05) is 32.9 Å². The molecule has 0 spiro atoms. The van der Waals surface area contributed by atoms with E-state index in [1.807, 2.05) is 30.3 Å². The van der Waals surface area contributed by atoms with Gasteiger partial charge >= 0.3 is 0 Å². The van der Waals surface area contributed by atoms with E-state index in [0.29, 0.717) is 25.1 Å². The van der Waals surface area contributed by atoms with Crippen LogP contribution in [-0.2, 0) is 25.6 Å². The number of aliphatic hydroxyl groups excluding tert-OH is 1. The highest BCUT2D eigenvalue weighted by Gasteiger charge is 2.20. The number of nitrogens with one attached hydrogen (secondary N) is 6. The van der Waals surface area contributed by atoms with E-state index in [1.54, 1.807) is 0 Å². The number of aliphatic hydroxyl groups is 1. The number of hydrogen-bond donors (Lipinski definition) is 7. The molecular weight excluding hydrogens is 464 g/mol. The molecule has 1 aromatic carbocycles. The maximum Gasteiger partial charge on any atom is 0.243 e. The predicted molar refractivity (Wildman–Crippen MR) is 137 cm³/mol. The van der Waals surface area contributed by atoms with E-state index in [-0.39, 0.29) is 25.5 Å². The van der Waals surface area contributed by atoms with Gasteiger partial charge in [0.25, 0.3) is 0 Å². The largest absolute Gasteiger partial charge is 0.380 e. The molecule has 4 amide bonds. The molecule has 36 heavy (non-hydrogen) atoms. The molecule has 1 rings (SSSR count). The van der Waals surface area contributed by atoms with Gasteiger partial charge in [0.1, 0.15) is 12.8 Å². The van der Waals surface area contributed by atoms with Gasteiger partial charge in [0.2, 0.25) is 24.1 Å². The quantitative estimate of drug-likeness (QED) is 0.0712.